The molecule has 0 bridgehead atoms. The average molecular weight is 407 g/mol. The van der Waals surface area contributed by atoms with E-state index in [1.807, 2.05) is 4.90 Å². The number of hydrogen-bond donors (Lipinski definition) is 1. The molecular formula is C23H26FN5O. The molecule has 1 saturated carbocycles. The van der Waals surface area contributed by atoms with Crippen molar-refractivity contribution in [2.45, 2.75) is 32.1 Å². The van der Waals surface area contributed by atoms with E-state index in [1.54, 1.807) is 18.5 Å². The molecule has 1 N–H and O–H groups in total. The average Bonchev–Trinajstić information content (AvgIpc) is 3.51. The molecule has 5 rings (SSSR count). The van der Waals surface area contributed by atoms with Crippen LogP contribution in [-0.4, -0.2) is 51.9 Å². The number of nitrogens with zero attached hydrogens (tertiary/aromatic N) is 4. The number of piperazine rings is 1. The lowest BCUT2D eigenvalue weighted by Gasteiger charge is -2.35. The summed E-state index contributed by atoms with van der Waals surface area (Å²) in [6.07, 6.45) is 8.50. The molecule has 3 aromatic rings. The lowest BCUT2D eigenvalue weighted by atomic mass is 10.1. The Morgan fingerprint density at radius 2 is 1.87 bits per heavy atom. The van der Waals surface area contributed by atoms with Gasteiger partial charge in [-0.15, -0.1) is 0 Å². The van der Waals surface area contributed by atoms with Crippen LogP contribution in [0.5, 0.6) is 0 Å². The number of amides is 1. The summed E-state index contributed by atoms with van der Waals surface area (Å²) in [6, 6.07) is 6.38. The highest BCUT2D eigenvalue weighted by Gasteiger charge is 2.27. The fourth-order valence-corrected chi connectivity index (χ4v) is 4.27. The second-order valence-corrected chi connectivity index (χ2v) is 8.38. The Hall–Kier alpha value is -2.96. The summed E-state index contributed by atoms with van der Waals surface area (Å²) < 4.78 is 13.0. The largest absolute Gasteiger partial charge is 0.352 e. The van der Waals surface area contributed by atoms with Crippen LogP contribution in [0.1, 0.15) is 30.4 Å². The molecule has 2 aliphatic rings. The summed E-state index contributed by atoms with van der Waals surface area (Å²) in [5.74, 6) is 1.69. The van der Waals surface area contributed by atoms with E-state index in [4.69, 9.17) is 0 Å². The summed E-state index contributed by atoms with van der Waals surface area (Å²) in [5, 5.41) is 1.14. The third-order valence-corrected chi connectivity index (χ3v) is 6.21. The summed E-state index contributed by atoms with van der Waals surface area (Å²) in [4.78, 5) is 29.2. The minimum Gasteiger partial charge on any atom is -0.352 e. The molecule has 1 amide bonds. The number of nitrogens with one attached hydrogen (secondary N) is 1. The topological polar surface area (TPSA) is 65.1 Å². The van der Waals surface area contributed by atoms with Gasteiger partial charge >= 0.3 is 0 Å². The maximum atomic E-state index is 13.0. The van der Waals surface area contributed by atoms with Gasteiger partial charge in [-0.05, 0) is 54.9 Å². The number of fused-ring (bicyclic) bond motifs is 1. The quantitative estimate of drug-likeness (QED) is 0.681. The molecule has 1 saturated heterocycles. The highest BCUT2D eigenvalue weighted by atomic mass is 19.1. The molecule has 156 valence electrons. The number of hydrogen-bond acceptors (Lipinski definition) is 4. The van der Waals surface area contributed by atoms with Crippen LogP contribution in [0.4, 0.5) is 10.2 Å². The third-order valence-electron chi connectivity index (χ3n) is 6.21. The van der Waals surface area contributed by atoms with Crippen LogP contribution in [-0.2, 0) is 17.6 Å². The molecule has 6 nitrogen and oxygen atoms in total. The monoisotopic (exact) mass is 407 g/mol. The predicted octanol–water partition coefficient (Wildman–Crippen LogP) is 3.33. The van der Waals surface area contributed by atoms with E-state index in [9.17, 15) is 9.18 Å². The van der Waals surface area contributed by atoms with Crippen molar-refractivity contribution in [3.63, 3.8) is 0 Å². The number of aromatic amines is 1. The van der Waals surface area contributed by atoms with Gasteiger partial charge in [-0.2, -0.15) is 0 Å². The first kappa shape index (κ1) is 19.0. The van der Waals surface area contributed by atoms with Crippen molar-refractivity contribution in [1.29, 1.82) is 0 Å². The zero-order valence-electron chi connectivity index (χ0n) is 17.0. The summed E-state index contributed by atoms with van der Waals surface area (Å²) in [7, 11) is 0. The smallest absolute Gasteiger partial charge is 0.223 e. The Morgan fingerprint density at radius 1 is 1.10 bits per heavy atom. The summed E-state index contributed by atoms with van der Waals surface area (Å²) in [5.41, 5.74) is 3.19. The second-order valence-electron chi connectivity index (χ2n) is 8.38. The molecule has 1 aromatic carbocycles. The van der Waals surface area contributed by atoms with Gasteiger partial charge in [0.15, 0.2) is 0 Å². The first-order valence-corrected chi connectivity index (χ1v) is 10.8. The van der Waals surface area contributed by atoms with Gasteiger partial charge in [0.1, 0.15) is 23.6 Å². The number of carbonyl (C=O) groups excluding carboxylic acids is 1. The second kappa shape index (κ2) is 8.05. The van der Waals surface area contributed by atoms with Crippen molar-refractivity contribution in [3.8, 4) is 0 Å². The van der Waals surface area contributed by atoms with Crippen molar-refractivity contribution in [3.05, 3.63) is 53.7 Å². The van der Waals surface area contributed by atoms with E-state index in [1.165, 1.54) is 30.5 Å². The standard InChI is InChI=1S/C23H26FN5O/c24-19-6-3-16(4-7-19)5-8-20(30)28-9-11-29(12-10-28)23-21-18(13-17-1-2-17)14-25-22(21)26-15-27-23/h3-4,6-7,14-15,17H,1-2,5,8-13H2,(H,25,26,27). The molecule has 2 fully saturated rings. The molecule has 0 unspecified atom stereocenters. The summed E-state index contributed by atoms with van der Waals surface area (Å²) >= 11 is 0. The molecular weight excluding hydrogens is 381 g/mol. The van der Waals surface area contributed by atoms with Gasteiger partial charge in [-0.3, -0.25) is 4.79 Å². The Labute approximate surface area is 175 Å². The van der Waals surface area contributed by atoms with E-state index >= 15 is 0 Å². The van der Waals surface area contributed by atoms with E-state index in [2.05, 4.69) is 26.0 Å². The number of aryl methyl sites for hydroxylation is 1. The van der Waals surface area contributed by atoms with Gasteiger partial charge in [-0.25, -0.2) is 14.4 Å². The molecule has 0 radical (unpaired) electrons. The highest BCUT2D eigenvalue weighted by Crippen LogP contribution is 2.36. The van der Waals surface area contributed by atoms with Crippen molar-refractivity contribution in [1.82, 2.24) is 19.9 Å². The van der Waals surface area contributed by atoms with Gasteiger partial charge < -0.3 is 14.8 Å². The zero-order valence-corrected chi connectivity index (χ0v) is 17.0. The molecule has 3 heterocycles. The Bertz CT molecular complexity index is 1040. The van der Waals surface area contributed by atoms with Crippen molar-refractivity contribution < 1.29 is 9.18 Å². The first-order valence-electron chi connectivity index (χ1n) is 10.8. The molecule has 1 aliphatic carbocycles. The number of halogens is 1. The van der Waals surface area contributed by atoms with E-state index < -0.39 is 0 Å². The lowest BCUT2D eigenvalue weighted by Crippen LogP contribution is -2.49. The van der Waals surface area contributed by atoms with E-state index in [0.717, 1.165) is 47.8 Å². The third kappa shape index (κ3) is 4.01. The van der Waals surface area contributed by atoms with Gasteiger partial charge in [-0.1, -0.05) is 12.1 Å². The Morgan fingerprint density at radius 3 is 2.60 bits per heavy atom. The van der Waals surface area contributed by atoms with Gasteiger partial charge in [0, 0.05) is 38.8 Å². The summed E-state index contributed by atoms with van der Waals surface area (Å²) in [6.45, 7) is 2.91. The molecule has 30 heavy (non-hydrogen) atoms. The number of anilines is 1. The van der Waals surface area contributed by atoms with Crippen LogP contribution in [0.3, 0.4) is 0 Å². The number of benzene rings is 1. The fraction of sp³-hybridized carbons (Fsp3) is 0.435. The van der Waals surface area contributed by atoms with E-state index in [0.29, 0.717) is 25.9 Å². The number of carbonyl (C=O) groups is 1. The Kier molecular flexibility index (Phi) is 5.11. The number of rotatable bonds is 6. The van der Waals surface area contributed by atoms with E-state index in [-0.39, 0.29) is 11.7 Å². The van der Waals surface area contributed by atoms with Crippen LogP contribution in [0.25, 0.3) is 11.0 Å². The number of aromatic nitrogens is 3. The lowest BCUT2D eigenvalue weighted by molar-refractivity contribution is -0.131. The fourth-order valence-electron chi connectivity index (χ4n) is 4.27. The molecule has 1 aliphatic heterocycles. The molecule has 2 aromatic heterocycles. The minimum absolute atomic E-state index is 0.155. The SMILES string of the molecule is O=C(CCc1ccc(F)cc1)N1CCN(c2ncnc3[nH]cc(CC4CC4)c23)CC1. The van der Waals surface area contributed by atoms with Gasteiger partial charge in [0.25, 0.3) is 0 Å². The first-order chi connectivity index (χ1) is 14.7. The maximum Gasteiger partial charge on any atom is 0.223 e. The molecule has 0 spiro atoms. The predicted molar refractivity (Wildman–Crippen MR) is 114 cm³/mol. The van der Waals surface area contributed by atoms with Crippen LogP contribution < -0.4 is 4.90 Å². The van der Waals surface area contributed by atoms with Crippen LogP contribution in [0.15, 0.2) is 36.8 Å². The van der Waals surface area contributed by atoms with Crippen molar-refractivity contribution in [2.75, 3.05) is 31.1 Å². The van der Waals surface area contributed by atoms with Crippen molar-refractivity contribution >= 4 is 22.8 Å². The molecule has 0 atom stereocenters. The van der Waals surface area contributed by atoms with Gasteiger partial charge in [0.2, 0.25) is 5.91 Å². The Balaban J connectivity index is 1.22. The van der Waals surface area contributed by atoms with Crippen molar-refractivity contribution in [2.24, 2.45) is 5.92 Å². The normalized spacial score (nSPS) is 17.0. The van der Waals surface area contributed by atoms with Crippen LogP contribution in [0, 0.1) is 11.7 Å². The van der Waals surface area contributed by atoms with Crippen LogP contribution >= 0.6 is 0 Å². The maximum absolute atomic E-state index is 13.0. The molecule has 7 heteroatoms. The van der Waals surface area contributed by atoms with Gasteiger partial charge in [0.05, 0.1) is 5.39 Å². The number of H-pyrrole nitrogens is 1. The zero-order chi connectivity index (χ0) is 20.5. The minimum atomic E-state index is -0.247. The highest BCUT2D eigenvalue weighted by molar-refractivity contribution is 5.91. The van der Waals surface area contributed by atoms with Crippen LogP contribution in [0.2, 0.25) is 0 Å².